The molecule has 0 aliphatic carbocycles. The molecule has 0 atom stereocenters. The number of hydrogen-bond acceptors (Lipinski definition) is 5. The molecule has 0 heterocycles. The van der Waals surface area contributed by atoms with Crippen LogP contribution in [0.5, 0.6) is 17.2 Å². The normalized spacial score (nSPS) is 10.9. The van der Waals surface area contributed by atoms with Crippen LogP contribution >= 0.6 is 0 Å². The summed E-state index contributed by atoms with van der Waals surface area (Å²) >= 11 is 0. The van der Waals surface area contributed by atoms with E-state index in [-0.39, 0.29) is 5.97 Å². The van der Waals surface area contributed by atoms with Gasteiger partial charge in [0.05, 0.1) is 26.4 Å². The maximum atomic E-state index is 11.7. The molecule has 0 amide bonds. The Bertz CT molecular complexity index is 595. The van der Waals surface area contributed by atoms with Gasteiger partial charge in [-0.1, -0.05) is 40.0 Å². The Hall–Kier alpha value is -2.17. The monoisotopic (exact) mass is 392 g/mol. The van der Waals surface area contributed by atoms with Gasteiger partial charge < -0.3 is 18.9 Å². The van der Waals surface area contributed by atoms with E-state index in [1.165, 1.54) is 6.08 Å². The summed E-state index contributed by atoms with van der Waals surface area (Å²) in [6.45, 7) is 10.4. The van der Waals surface area contributed by atoms with Crippen LogP contribution in [0.15, 0.2) is 18.2 Å². The maximum absolute atomic E-state index is 11.7. The van der Waals surface area contributed by atoms with E-state index in [0.29, 0.717) is 43.7 Å². The molecular weight excluding hydrogens is 356 g/mol. The fourth-order valence-corrected chi connectivity index (χ4v) is 2.37. The van der Waals surface area contributed by atoms with Crippen LogP contribution in [0.4, 0.5) is 0 Å². The summed E-state index contributed by atoms with van der Waals surface area (Å²) in [5, 5.41) is 0. The summed E-state index contributed by atoms with van der Waals surface area (Å²) in [5.74, 6) is 1.67. The van der Waals surface area contributed by atoms with Crippen molar-refractivity contribution in [1.29, 1.82) is 0 Å². The van der Waals surface area contributed by atoms with Crippen molar-refractivity contribution < 1.29 is 23.7 Å². The van der Waals surface area contributed by atoms with E-state index in [1.54, 1.807) is 13.0 Å². The van der Waals surface area contributed by atoms with Gasteiger partial charge in [0.15, 0.2) is 11.5 Å². The highest BCUT2D eigenvalue weighted by atomic mass is 16.5. The van der Waals surface area contributed by atoms with Gasteiger partial charge in [-0.25, -0.2) is 4.79 Å². The second kappa shape index (κ2) is 14.8. The van der Waals surface area contributed by atoms with Gasteiger partial charge in [-0.05, 0) is 38.3 Å². The van der Waals surface area contributed by atoms with Crippen molar-refractivity contribution in [3.63, 3.8) is 0 Å². The highest BCUT2D eigenvalue weighted by Gasteiger charge is 2.13. The van der Waals surface area contributed by atoms with Crippen molar-refractivity contribution in [3.8, 4) is 17.2 Å². The number of ether oxygens (including phenoxy) is 4. The molecular formula is C23H36O5. The summed E-state index contributed by atoms with van der Waals surface area (Å²) in [6.07, 6.45) is 9.20. The van der Waals surface area contributed by atoms with Crippen LogP contribution in [-0.4, -0.2) is 32.4 Å². The maximum Gasteiger partial charge on any atom is 0.330 e. The molecule has 0 N–H and O–H groups in total. The Labute approximate surface area is 170 Å². The molecule has 28 heavy (non-hydrogen) atoms. The molecule has 1 rings (SSSR count). The summed E-state index contributed by atoms with van der Waals surface area (Å²) in [7, 11) is 0. The van der Waals surface area contributed by atoms with Crippen molar-refractivity contribution in [2.24, 2.45) is 0 Å². The Morgan fingerprint density at radius 1 is 0.786 bits per heavy atom. The lowest BCUT2D eigenvalue weighted by Gasteiger charge is -2.17. The summed E-state index contributed by atoms with van der Waals surface area (Å²) < 4.78 is 22.8. The molecule has 0 unspecified atom stereocenters. The van der Waals surface area contributed by atoms with Crippen LogP contribution < -0.4 is 14.2 Å². The molecule has 5 nitrogen and oxygen atoms in total. The van der Waals surface area contributed by atoms with E-state index in [4.69, 9.17) is 18.9 Å². The van der Waals surface area contributed by atoms with Gasteiger partial charge in [-0.15, -0.1) is 0 Å². The van der Waals surface area contributed by atoms with E-state index in [9.17, 15) is 4.79 Å². The average molecular weight is 393 g/mol. The first-order valence-corrected chi connectivity index (χ1v) is 10.6. The van der Waals surface area contributed by atoms with Gasteiger partial charge in [-0.2, -0.15) is 0 Å². The minimum atomic E-state index is -0.376. The largest absolute Gasteiger partial charge is 0.493 e. The topological polar surface area (TPSA) is 54.0 Å². The fourth-order valence-electron chi connectivity index (χ4n) is 2.37. The van der Waals surface area contributed by atoms with E-state index >= 15 is 0 Å². The second-order valence-corrected chi connectivity index (χ2v) is 6.53. The van der Waals surface area contributed by atoms with Gasteiger partial charge in [0, 0.05) is 17.7 Å². The van der Waals surface area contributed by atoms with Gasteiger partial charge in [0.2, 0.25) is 0 Å². The zero-order valence-electron chi connectivity index (χ0n) is 17.9. The van der Waals surface area contributed by atoms with Gasteiger partial charge in [-0.3, -0.25) is 0 Å². The van der Waals surface area contributed by atoms with Crippen LogP contribution in [-0.2, 0) is 9.53 Å². The number of benzene rings is 1. The molecule has 0 fully saturated rings. The number of hydrogen-bond donors (Lipinski definition) is 0. The fraction of sp³-hybridized carbons (Fsp3) is 0.609. The number of carbonyl (C=O) groups is 1. The number of unbranched alkanes of at least 4 members (excludes halogenated alkanes) is 3. The Balaban J connectivity index is 3.14. The average Bonchev–Trinajstić information content (AvgIpc) is 2.69. The number of carbonyl (C=O) groups excluding carboxylic acids is 1. The first kappa shape index (κ1) is 23.9. The lowest BCUT2D eigenvalue weighted by Crippen LogP contribution is -2.05. The lowest BCUT2D eigenvalue weighted by atomic mass is 10.1. The summed E-state index contributed by atoms with van der Waals surface area (Å²) in [4.78, 5) is 11.7. The first-order chi connectivity index (χ1) is 13.7. The number of rotatable bonds is 15. The van der Waals surface area contributed by atoms with Crippen molar-refractivity contribution in [1.82, 2.24) is 0 Å². The SMILES string of the molecule is CCCCOc1cc(OCCCC)c(OCCCC)cc1C=CC(=O)OCC. The molecule has 5 heteroatoms. The van der Waals surface area contributed by atoms with Gasteiger partial charge in [0.1, 0.15) is 5.75 Å². The highest BCUT2D eigenvalue weighted by Crippen LogP contribution is 2.36. The lowest BCUT2D eigenvalue weighted by molar-refractivity contribution is -0.137. The zero-order chi connectivity index (χ0) is 20.6. The third-order valence-electron chi connectivity index (χ3n) is 4.03. The molecule has 0 bridgehead atoms. The highest BCUT2D eigenvalue weighted by molar-refractivity contribution is 5.87. The molecule has 0 aromatic heterocycles. The second-order valence-electron chi connectivity index (χ2n) is 6.53. The van der Waals surface area contributed by atoms with Crippen LogP contribution in [0.25, 0.3) is 6.08 Å². The Morgan fingerprint density at radius 2 is 1.29 bits per heavy atom. The van der Waals surface area contributed by atoms with E-state index < -0.39 is 0 Å². The van der Waals surface area contributed by atoms with Crippen LogP contribution in [0.3, 0.4) is 0 Å². The predicted molar refractivity (Wildman–Crippen MR) is 113 cm³/mol. The van der Waals surface area contributed by atoms with E-state index in [2.05, 4.69) is 20.8 Å². The summed E-state index contributed by atoms with van der Waals surface area (Å²) in [5.41, 5.74) is 0.776. The smallest absolute Gasteiger partial charge is 0.330 e. The van der Waals surface area contributed by atoms with Crippen LogP contribution in [0, 0.1) is 0 Å². The third kappa shape index (κ3) is 9.16. The van der Waals surface area contributed by atoms with Gasteiger partial charge >= 0.3 is 5.97 Å². The molecule has 0 saturated carbocycles. The quantitative estimate of drug-likeness (QED) is 0.214. The molecule has 1 aromatic rings. The van der Waals surface area contributed by atoms with E-state index in [0.717, 1.165) is 44.1 Å². The molecule has 0 aliphatic rings. The van der Waals surface area contributed by atoms with Crippen LogP contribution in [0.2, 0.25) is 0 Å². The molecule has 1 aromatic carbocycles. The molecule has 0 saturated heterocycles. The first-order valence-electron chi connectivity index (χ1n) is 10.6. The van der Waals surface area contributed by atoms with Crippen molar-refractivity contribution in [2.75, 3.05) is 26.4 Å². The number of esters is 1. The van der Waals surface area contributed by atoms with E-state index in [1.807, 2.05) is 12.1 Å². The Kier molecular flexibility index (Phi) is 12.6. The van der Waals surface area contributed by atoms with Crippen molar-refractivity contribution >= 4 is 12.0 Å². The molecule has 158 valence electrons. The molecule has 0 radical (unpaired) electrons. The van der Waals surface area contributed by atoms with Crippen molar-refractivity contribution in [2.45, 2.75) is 66.2 Å². The standard InChI is InChI=1S/C23H36O5/c1-5-9-14-26-20-18-22(28-16-11-7-3)21(27-15-10-6-2)17-19(20)12-13-23(24)25-8-4/h12-13,17-18H,5-11,14-16H2,1-4H3. The molecule has 0 spiro atoms. The van der Waals surface area contributed by atoms with Gasteiger partial charge in [0.25, 0.3) is 0 Å². The molecule has 0 aliphatic heterocycles. The minimum Gasteiger partial charge on any atom is -0.493 e. The zero-order valence-corrected chi connectivity index (χ0v) is 17.9. The van der Waals surface area contributed by atoms with Crippen LogP contribution in [0.1, 0.15) is 71.8 Å². The minimum absolute atomic E-state index is 0.346. The van der Waals surface area contributed by atoms with Crippen molar-refractivity contribution in [3.05, 3.63) is 23.8 Å². The predicted octanol–water partition coefficient (Wildman–Crippen LogP) is 5.80. The summed E-state index contributed by atoms with van der Waals surface area (Å²) in [6, 6.07) is 3.76. The Morgan fingerprint density at radius 3 is 1.79 bits per heavy atom. The third-order valence-corrected chi connectivity index (χ3v) is 4.03.